The molecule has 0 aliphatic heterocycles. The highest BCUT2D eigenvalue weighted by Gasteiger charge is 2.70. The van der Waals surface area contributed by atoms with Crippen LogP contribution >= 0.6 is 0 Å². The largest absolute Gasteiger partial charge is 0.300 e. The third-order valence-corrected chi connectivity index (χ3v) is 5.11. The molecule has 2 unspecified atom stereocenters. The fourth-order valence-electron chi connectivity index (χ4n) is 4.12. The molecule has 2 atom stereocenters. The van der Waals surface area contributed by atoms with Crippen molar-refractivity contribution in [3.05, 3.63) is 48.0 Å². The van der Waals surface area contributed by atoms with E-state index in [1.165, 1.54) is 22.8 Å². The normalized spacial score (nSPS) is 33.7. The summed E-state index contributed by atoms with van der Waals surface area (Å²) in [6.45, 7) is 2.28. The van der Waals surface area contributed by atoms with Gasteiger partial charge < -0.3 is 0 Å². The maximum Gasteiger partial charge on any atom is 0.134 e. The smallest absolute Gasteiger partial charge is 0.134 e. The van der Waals surface area contributed by atoms with Crippen LogP contribution in [-0.4, -0.2) is 5.78 Å². The minimum atomic E-state index is 0.144. The molecule has 1 heteroatoms. The van der Waals surface area contributed by atoms with E-state index in [-0.39, 0.29) is 10.8 Å². The van der Waals surface area contributed by atoms with Crippen LogP contribution in [0.5, 0.6) is 0 Å². The first-order valence-electron chi connectivity index (χ1n) is 6.65. The van der Waals surface area contributed by atoms with Crippen LogP contribution in [0.25, 0.3) is 10.8 Å². The zero-order valence-electron chi connectivity index (χ0n) is 10.6. The summed E-state index contributed by atoms with van der Waals surface area (Å²) in [6.07, 6.45) is 2.70. The van der Waals surface area contributed by atoms with E-state index in [1.807, 2.05) is 0 Å². The van der Waals surface area contributed by atoms with Gasteiger partial charge in [-0.15, -0.1) is 0 Å². The molecule has 1 nitrogen and oxygen atoms in total. The lowest BCUT2D eigenvalue weighted by Crippen LogP contribution is -2.10. The molecular formula is C17H16O. The number of benzene rings is 2. The number of fused-ring (bicyclic) bond motifs is 2. The Morgan fingerprint density at radius 2 is 1.78 bits per heavy atom. The second-order valence-corrected chi connectivity index (χ2v) is 6.24. The van der Waals surface area contributed by atoms with E-state index in [2.05, 4.69) is 49.4 Å². The van der Waals surface area contributed by atoms with Gasteiger partial charge >= 0.3 is 0 Å². The maximum absolute atomic E-state index is 11.8. The van der Waals surface area contributed by atoms with Crippen molar-refractivity contribution in [1.29, 1.82) is 0 Å². The molecule has 2 saturated carbocycles. The van der Waals surface area contributed by atoms with Crippen LogP contribution in [0, 0.1) is 5.41 Å². The van der Waals surface area contributed by atoms with Crippen molar-refractivity contribution >= 4 is 16.6 Å². The molecule has 0 spiro atoms. The summed E-state index contributed by atoms with van der Waals surface area (Å²) in [6, 6.07) is 15.0. The molecule has 0 heterocycles. The first kappa shape index (κ1) is 10.3. The van der Waals surface area contributed by atoms with Crippen LogP contribution in [-0.2, 0) is 10.2 Å². The monoisotopic (exact) mass is 236 g/mol. The van der Waals surface area contributed by atoms with E-state index in [4.69, 9.17) is 0 Å². The molecule has 0 saturated heterocycles. The standard InChI is InChI=1S/C17H16O/c1-16-9-13(18)10-17(16,11-16)15-8-4-6-12-5-2-3-7-14(12)15/h2-8H,9-11H2,1H3. The van der Waals surface area contributed by atoms with Gasteiger partial charge in [-0.2, -0.15) is 0 Å². The van der Waals surface area contributed by atoms with Crippen LogP contribution in [0.1, 0.15) is 31.7 Å². The summed E-state index contributed by atoms with van der Waals surface area (Å²) < 4.78 is 0. The quantitative estimate of drug-likeness (QED) is 0.735. The lowest BCUT2D eigenvalue weighted by atomic mass is 9.86. The van der Waals surface area contributed by atoms with Gasteiger partial charge in [0.25, 0.3) is 0 Å². The van der Waals surface area contributed by atoms with Crippen molar-refractivity contribution < 1.29 is 4.79 Å². The van der Waals surface area contributed by atoms with E-state index < -0.39 is 0 Å². The zero-order chi connectivity index (χ0) is 12.4. The number of hydrogen-bond donors (Lipinski definition) is 0. The van der Waals surface area contributed by atoms with Crippen molar-refractivity contribution in [2.75, 3.05) is 0 Å². The second-order valence-electron chi connectivity index (χ2n) is 6.24. The molecule has 0 aromatic heterocycles. The third-order valence-electron chi connectivity index (χ3n) is 5.11. The number of ketones is 1. The van der Waals surface area contributed by atoms with Crippen molar-refractivity contribution in [1.82, 2.24) is 0 Å². The van der Waals surface area contributed by atoms with Gasteiger partial charge in [0, 0.05) is 18.3 Å². The molecule has 0 amide bonds. The molecule has 4 rings (SSSR count). The van der Waals surface area contributed by atoms with Gasteiger partial charge in [-0.05, 0) is 28.2 Å². The molecule has 18 heavy (non-hydrogen) atoms. The van der Waals surface area contributed by atoms with Crippen LogP contribution in [0.15, 0.2) is 42.5 Å². The summed E-state index contributed by atoms with van der Waals surface area (Å²) in [5.74, 6) is 0.441. The average Bonchev–Trinajstić information content (AvgIpc) is 2.83. The Morgan fingerprint density at radius 1 is 1.00 bits per heavy atom. The molecule has 2 aliphatic rings. The van der Waals surface area contributed by atoms with E-state index in [9.17, 15) is 4.79 Å². The summed E-state index contributed by atoms with van der Waals surface area (Å²) in [5, 5.41) is 2.62. The molecule has 2 fully saturated rings. The number of carbonyl (C=O) groups is 1. The number of rotatable bonds is 1. The third kappa shape index (κ3) is 1.10. The zero-order valence-corrected chi connectivity index (χ0v) is 10.6. The van der Waals surface area contributed by atoms with Gasteiger partial charge in [-0.3, -0.25) is 4.79 Å². The topological polar surface area (TPSA) is 17.1 Å². The predicted molar refractivity (Wildman–Crippen MR) is 72.6 cm³/mol. The van der Waals surface area contributed by atoms with Gasteiger partial charge in [-0.1, -0.05) is 49.4 Å². The molecule has 0 radical (unpaired) electrons. The summed E-state index contributed by atoms with van der Waals surface area (Å²) in [4.78, 5) is 11.8. The lowest BCUT2D eigenvalue weighted by molar-refractivity contribution is -0.118. The summed E-state index contributed by atoms with van der Waals surface area (Å²) >= 11 is 0. The molecule has 2 aliphatic carbocycles. The Bertz CT molecular complexity index is 667. The van der Waals surface area contributed by atoms with Gasteiger partial charge in [-0.25, -0.2) is 0 Å². The number of hydrogen-bond acceptors (Lipinski definition) is 1. The fourth-order valence-corrected chi connectivity index (χ4v) is 4.12. The molecular weight excluding hydrogens is 220 g/mol. The first-order chi connectivity index (χ1) is 8.65. The highest BCUT2D eigenvalue weighted by Crippen LogP contribution is 2.73. The molecule has 0 N–H and O–H groups in total. The van der Waals surface area contributed by atoms with Crippen LogP contribution < -0.4 is 0 Å². The van der Waals surface area contributed by atoms with Crippen LogP contribution in [0.3, 0.4) is 0 Å². The van der Waals surface area contributed by atoms with Crippen molar-refractivity contribution in [3.63, 3.8) is 0 Å². The Balaban J connectivity index is 1.97. The van der Waals surface area contributed by atoms with Crippen molar-refractivity contribution in [2.45, 2.75) is 31.6 Å². The van der Waals surface area contributed by atoms with Crippen LogP contribution in [0.2, 0.25) is 0 Å². The maximum atomic E-state index is 11.8. The van der Waals surface area contributed by atoms with Gasteiger partial charge in [0.05, 0.1) is 0 Å². The Hall–Kier alpha value is -1.63. The highest BCUT2D eigenvalue weighted by molar-refractivity contribution is 5.92. The lowest BCUT2D eigenvalue weighted by Gasteiger charge is -2.17. The van der Waals surface area contributed by atoms with Crippen molar-refractivity contribution in [3.8, 4) is 0 Å². The minimum absolute atomic E-state index is 0.144. The van der Waals surface area contributed by atoms with E-state index >= 15 is 0 Å². The number of Topliss-reactive ketones (excluding diaryl/α,β-unsaturated/α-hetero) is 1. The second kappa shape index (κ2) is 3.03. The van der Waals surface area contributed by atoms with Gasteiger partial charge in [0.2, 0.25) is 0 Å². The number of carbonyl (C=O) groups excluding carboxylic acids is 1. The van der Waals surface area contributed by atoms with E-state index in [0.717, 1.165) is 12.8 Å². The van der Waals surface area contributed by atoms with E-state index in [1.54, 1.807) is 0 Å². The van der Waals surface area contributed by atoms with Crippen molar-refractivity contribution in [2.24, 2.45) is 5.41 Å². The fraction of sp³-hybridized carbons (Fsp3) is 0.353. The molecule has 90 valence electrons. The Morgan fingerprint density at radius 3 is 2.56 bits per heavy atom. The Labute approximate surface area is 107 Å². The molecule has 2 aromatic rings. The molecule has 2 aromatic carbocycles. The average molecular weight is 236 g/mol. The Kier molecular flexibility index (Phi) is 1.73. The molecule has 0 bridgehead atoms. The SMILES string of the molecule is CC12CC(=O)CC1(c1cccc3ccccc13)C2. The highest BCUT2D eigenvalue weighted by atomic mass is 16.1. The van der Waals surface area contributed by atoms with Gasteiger partial charge in [0.15, 0.2) is 0 Å². The predicted octanol–water partition coefficient (Wildman–Crippen LogP) is 3.85. The summed E-state index contributed by atoms with van der Waals surface area (Å²) in [5.41, 5.74) is 1.77. The van der Waals surface area contributed by atoms with E-state index in [0.29, 0.717) is 5.78 Å². The van der Waals surface area contributed by atoms with Crippen LogP contribution in [0.4, 0.5) is 0 Å². The first-order valence-corrected chi connectivity index (χ1v) is 6.65. The summed E-state index contributed by atoms with van der Waals surface area (Å²) in [7, 11) is 0. The minimum Gasteiger partial charge on any atom is -0.300 e. The van der Waals surface area contributed by atoms with Gasteiger partial charge in [0.1, 0.15) is 5.78 Å².